The van der Waals surface area contributed by atoms with E-state index in [2.05, 4.69) is 36.5 Å². The molecule has 3 heteroatoms. The minimum atomic E-state index is 0.207. The Hall–Kier alpha value is -1.35. The normalized spacial score (nSPS) is 16.6. The van der Waals surface area contributed by atoms with Crippen LogP contribution in [0.25, 0.3) is 0 Å². The fourth-order valence-corrected chi connectivity index (χ4v) is 2.70. The summed E-state index contributed by atoms with van der Waals surface area (Å²) in [6.45, 7) is 6.65. The molecule has 1 aromatic carbocycles. The summed E-state index contributed by atoms with van der Waals surface area (Å²) in [6, 6.07) is 9.13. The lowest BCUT2D eigenvalue weighted by Crippen LogP contribution is -2.44. The van der Waals surface area contributed by atoms with Gasteiger partial charge in [0.05, 0.1) is 0 Å². The fraction of sp³-hybridized carbons (Fsp3) is 0.562. The van der Waals surface area contributed by atoms with E-state index in [1.807, 2.05) is 4.90 Å². The number of nitrogens with one attached hydrogen (secondary N) is 1. The molecule has 1 saturated heterocycles. The van der Waals surface area contributed by atoms with E-state index in [-0.39, 0.29) is 5.91 Å². The molecule has 1 fully saturated rings. The van der Waals surface area contributed by atoms with Gasteiger partial charge in [-0.1, -0.05) is 24.3 Å². The van der Waals surface area contributed by atoms with Gasteiger partial charge in [0, 0.05) is 26.1 Å². The highest BCUT2D eigenvalue weighted by atomic mass is 16.2. The molecule has 19 heavy (non-hydrogen) atoms. The monoisotopic (exact) mass is 260 g/mol. The quantitative estimate of drug-likeness (QED) is 0.899. The molecule has 1 aliphatic rings. The summed E-state index contributed by atoms with van der Waals surface area (Å²) in [5.74, 6) is 0.207. The zero-order valence-corrected chi connectivity index (χ0v) is 12.0. The topological polar surface area (TPSA) is 32.3 Å². The lowest BCUT2D eigenvalue weighted by molar-refractivity contribution is -0.129. The maximum absolute atomic E-state index is 11.2. The average Bonchev–Trinajstić information content (AvgIpc) is 2.41. The van der Waals surface area contributed by atoms with Crippen molar-refractivity contribution in [1.82, 2.24) is 10.2 Å². The highest BCUT2D eigenvalue weighted by Crippen LogP contribution is 2.11. The van der Waals surface area contributed by atoms with Crippen LogP contribution in [0.15, 0.2) is 24.3 Å². The number of nitrogens with zero attached hydrogens (tertiary/aromatic N) is 1. The van der Waals surface area contributed by atoms with E-state index in [1.54, 1.807) is 6.92 Å². The van der Waals surface area contributed by atoms with Crippen LogP contribution in [-0.4, -0.2) is 36.5 Å². The standard InChI is InChI=1S/C16H24N2O/c1-13-5-3-4-6-15(13)7-10-17-16-8-11-18(12-9-16)14(2)19/h3-6,16-17H,7-12H2,1-2H3. The molecule has 1 amide bonds. The summed E-state index contributed by atoms with van der Waals surface area (Å²) >= 11 is 0. The van der Waals surface area contributed by atoms with E-state index in [9.17, 15) is 4.79 Å². The van der Waals surface area contributed by atoms with Crippen LogP contribution < -0.4 is 5.32 Å². The van der Waals surface area contributed by atoms with Gasteiger partial charge in [0.15, 0.2) is 0 Å². The summed E-state index contributed by atoms with van der Waals surface area (Å²) in [5.41, 5.74) is 2.80. The van der Waals surface area contributed by atoms with Gasteiger partial charge in [0.2, 0.25) is 5.91 Å². The largest absolute Gasteiger partial charge is 0.343 e. The summed E-state index contributed by atoms with van der Waals surface area (Å²) in [5, 5.41) is 3.62. The maximum Gasteiger partial charge on any atom is 0.219 e. The van der Waals surface area contributed by atoms with Crippen LogP contribution in [0.2, 0.25) is 0 Å². The van der Waals surface area contributed by atoms with Crippen LogP contribution in [0.4, 0.5) is 0 Å². The van der Waals surface area contributed by atoms with Crippen molar-refractivity contribution in [3.05, 3.63) is 35.4 Å². The van der Waals surface area contributed by atoms with Crippen LogP contribution in [0.3, 0.4) is 0 Å². The predicted molar refractivity (Wildman–Crippen MR) is 78.2 cm³/mol. The fourth-order valence-electron chi connectivity index (χ4n) is 2.70. The van der Waals surface area contributed by atoms with Gasteiger partial charge in [-0.3, -0.25) is 4.79 Å². The first kappa shape index (κ1) is 14.1. The summed E-state index contributed by atoms with van der Waals surface area (Å²) in [4.78, 5) is 13.2. The van der Waals surface area contributed by atoms with Crippen LogP contribution >= 0.6 is 0 Å². The molecular weight excluding hydrogens is 236 g/mol. The molecule has 0 aliphatic carbocycles. The van der Waals surface area contributed by atoms with E-state index >= 15 is 0 Å². The van der Waals surface area contributed by atoms with E-state index in [0.29, 0.717) is 6.04 Å². The first-order valence-electron chi connectivity index (χ1n) is 7.20. The Labute approximate surface area is 116 Å². The summed E-state index contributed by atoms with van der Waals surface area (Å²) < 4.78 is 0. The lowest BCUT2D eigenvalue weighted by Gasteiger charge is -2.31. The number of amides is 1. The Kier molecular flexibility index (Phi) is 4.97. The van der Waals surface area contributed by atoms with Crippen molar-refractivity contribution in [3.8, 4) is 0 Å². The molecule has 1 aliphatic heterocycles. The van der Waals surface area contributed by atoms with Crippen LogP contribution in [-0.2, 0) is 11.2 Å². The van der Waals surface area contributed by atoms with Gasteiger partial charge < -0.3 is 10.2 Å². The minimum Gasteiger partial charge on any atom is -0.343 e. The average molecular weight is 260 g/mol. The van der Waals surface area contributed by atoms with Crippen molar-refractivity contribution in [3.63, 3.8) is 0 Å². The third-order valence-electron chi connectivity index (χ3n) is 4.03. The number of benzene rings is 1. The maximum atomic E-state index is 11.2. The van der Waals surface area contributed by atoms with E-state index in [1.165, 1.54) is 11.1 Å². The molecule has 0 unspecified atom stereocenters. The molecule has 2 rings (SSSR count). The Morgan fingerprint density at radius 2 is 2.00 bits per heavy atom. The zero-order chi connectivity index (χ0) is 13.7. The summed E-state index contributed by atoms with van der Waals surface area (Å²) in [7, 11) is 0. The second-order valence-electron chi connectivity index (χ2n) is 5.41. The van der Waals surface area contributed by atoms with Crippen molar-refractivity contribution >= 4 is 5.91 Å². The molecule has 1 N–H and O–H groups in total. The smallest absolute Gasteiger partial charge is 0.219 e. The van der Waals surface area contributed by atoms with Crippen LogP contribution in [0.5, 0.6) is 0 Å². The number of carbonyl (C=O) groups is 1. The third kappa shape index (κ3) is 4.06. The number of hydrogen-bond donors (Lipinski definition) is 1. The molecule has 0 saturated carbocycles. The summed E-state index contributed by atoms with van der Waals surface area (Å²) in [6.07, 6.45) is 3.24. The van der Waals surface area contributed by atoms with Crippen molar-refractivity contribution in [1.29, 1.82) is 0 Å². The van der Waals surface area contributed by atoms with Crippen LogP contribution in [0.1, 0.15) is 30.9 Å². The van der Waals surface area contributed by atoms with Crippen molar-refractivity contribution in [2.24, 2.45) is 0 Å². The van der Waals surface area contributed by atoms with Crippen molar-refractivity contribution in [2.45, 2.75) is 39.2 Å². The van der Waals surface area contributed by atoms with Gasteiger partial charge in [0.1, 0.15) is 0 Å². The number of carbonyl (C=O) groups excluding carboxylic acids is 1. The third-order valence-corrected chi connectivity index (χ3v) is 4.03. The predicted octanol–water partition coefficient (Wildman–Crippen LogP) is 2.14. The number of likely N-dealkylation sites (tertiary alicyclic amines) is 1. The second-order valence-corrected chi connectivity index (χ2v) is 5.41. The van der Waals surface area contributed by atoms with Gasteiger partial charge in [-0.25, -0.2) is 0 Å². The molecule has 3 nitrogen and oxygen atoms in total. The lowest BCUT2D eigenvalue weighted by atomic mass is 10.0. The van der Waals surface area contributed by atoms with E-state index < -0.39 is 0 Å². The Morgan fingerprint density at radius 3 is 2.63 bits per heavy atom. The zero-order valence-electron chi connectivity index (χ0n) is 12.0. The molecule has 1 heterocycles. The Morgan fingerprint density at radius 1 is 1.32 bits per heavy atom. The van der Waals surface area contributed by atoms with Crippen molar-refractivity contribution < 1.29 is 4.79 Å². The van der Waals surface area contributed by atoms with Gasteiger partial charge in [-0.2, -0.15) is 0 Å². The second kappa shape index (κ2) is 6.71. The SMILES string of the molecule is CC(=O)N1CCC(NCCc2ccccc2C)CC1. The van der Waals surface area contributed by atoms with Gasteiger partial charge in [-0.05, 0) is 43.9 Å². The highest BCUT2D eigenvalue weighted by molar-refractivity contribution is 5.73. The first-order valence-corrected chi connectivity index (χ1v) is 7.20. The molecule has 0 radical (unpaired) electrons. The molecule has 0 spiro atoms. The first-order chi connectivity index (χ1) is 9.16. The molecule has 104 valence electrons. The van der Waals surface area contributed by atoms with Crippen molar-refractivity contribution in [2.75, 3.05) is 19.6 Å². The molecule has 0 atom stereocenters. The van der Waals surface area contributed by atoms with E-state index in [0.717, 1.165) is 38.9 Å². The molecule has 0 aromatic heterocycles. The Bertz CT molecular complexity index is 423. The molecule has 1 aromatic rings. The number of aryl methyl sites for hydroxylation is 1. The molecule has 0 bridgehead atoms. The number of piperidine rings is 1. The highest BCUT2D eigenvalue weighted by Gasteiger charge is 2.19. The van der Waals surface area contributed by atoms with Crippen LogP contribution in [0, 0.1) is 6.92 Å². The Balaban J connectivity index is 1.70. The van der Waals surface area contributed by atoms with Gasteiger partial charge in [-0.15, -0.1) is 0 Å². The molecular formula is C16H24N2O. The van der Waals surface area contributed by atoms with E-state index in [4.69, 9.17) is 0 Å². The van der Waals surface area contributed by atoms with Gasteiger partial charge in [0.25, 0.3) is 0 Å². The van der Waals surface area contributed by atoms with Gasteiger partial charge >= 0.3 is 0 Å². The number of hydrogen-bond acceptors (Lipinski definition) is 2. The number of rotatable bonds is 4. The minimum absolute atomic E-state index is 0.207.